The summed E-state index contributed by atoms with van der Waals surface area (Å²) in [6.45, 7) is 3.64. The van der Waals surface area contributed by atoms with Crippen LogP contribution in [0, 0.1) is 6.92 Å². The molecule has 4 nitrogen and oxygen atoms in total. The average molecular weight is 331 g/mol. The van der Waals surface area contributed by atoms with Crippen molar-refractivity contribution in [1.29, 1.82) is 0 Å². The smallest absolute Gasteiger partial charge is 0.244 e. The van der Waals surface area contributed by atoms with Gasteiger partial charge in [0.05, 0.1) is 0 Å². The summed E-state index contributed by atoms with van der Waals surface area (Å²) in [4.78, 5) is 25.5. The molecule has 23 heavy (non-hydrogen) atoms. The van der Waals surface area contributed by atoms with E-state index in [9.17, 15) is 9.59 Å². The summed E-state index contributed by atoms with van der Waals surface area (Å²) in [6, 6.07) is 14.8. The lowest BCUT2D eigenvalue weighted by molar-refractivity contribution is -0.133. The van der Waals surface area contributed by atoms with Crippen LogP contribution in [-0.4, -0.2) is 23.3 Å². The number of halogens is 1. The number of rotatable bonds is 5. The summed E-state index contributed by atoms with van der Waals surface area (Å²) in [7, 11) is 0. The van der Waals surface area contributed by atoms with E-state index in [1.54, 1.807) is 6.07 Å². The molecule has 2 aromatic carbocycles. The van der Waals surface area contributed by atoms with Crippen molar-refractivity contribution in [2.45, 2.75) is 20.4 Å². The molecule has 0 aliphatic heterocycles. The second-order valence-corrected chi connectivity index (χ2v) is 5.74. The Labute approximate surface area is 141 Å². The highest BCUT2D eigenvalue weighted by molar-refractivity contribution is 6.31. The largest absolute Gasteiger partial charge is 0.329 e. The lowest BCUT2D eigenvalue weighted by atomic mass is 10.2. The molecule has 0 saturated carbocycles. The van der Waals surface area contributed by atoms with Crippen LogP contribution in [0.25, 0.3) is 0 Å². The van der Waals surface area contributed by atoms with E-state index in [1.165, 1.54) is 11.8 Å². The Balaban J connectivity index is 2.05. The summed E-state index contributed by atoms with van der Waals surface area (Å²) in [5.74, 6) is -0.411. The Bertz CT molecular complexity index is 716. The molecule has 120 valence electrons. The Hall–Kier alpha value is -2.33. The van der Waals surface area contributed by atoms with E-state index in [2.05, 4.69) is 5.32 Å². The third-order valence-electron chi connectivity index (χ3n) is 3.52. The van der Waals surface area contributed by atoms with Crippen LogP contribution < -0.4 is 5.32 Å². The number of hydrogen-bond acceptors (Lipinski definition) is 2. The van der Waals surface area contributed by atoms with E-state index in [-0.39, 0.29) is 18.4 Å². The number of carbonyl (C=O) groups excluding carboxylic acids is 2. The molecule has 0 fully saturated rings. The van der Waals surface area contributed by atoms with Gasteiger partial charge in [0.25, 0.3) is 0 Å². The summed E-state index contributed by atoms with van der Waals surface area (Å²) in [5.41, 5.74) is 2.54. The maximum Gasteiger partial charge on any atom is 0.244 e. The van der Waals surface area contributed by atoms with Gasteiger partial charge in [-0.25, -0.2) is 0 Å². The molecule has 0 aliphatic rings. The molecule has 0 saturated heterocycles. The van der Waals surface area contributed by atoms with Crippen molar-refractivity contribution in [3.05, 3.63) is 64.7 Å². The molecule has 0 atom stereocenters. The third kappa shape index (κ3) is 4.83. The first-order valence-corrected chi connectivity index (χ1v) is 7.69. The van der Waals surface area contributed by atoms with Crippen LogP contribution in [0.5, 0.6) is 0 Å². The van der Waals surface area contributed by atoms with Crippen molar-refractivity contribution in [2.24, 2.45) is 0 Å². The first kappa shape index (κ1) is 17.0. The maximum absolute atomic E-state index is 12.2. The number of carbonyl (C=O) groups is 2. The van der Waals surface area contributed by atoms with Crippen molar-refractivity contribution in [2.75, 3.05) is 11.9 Å². The minimum atomic E-state index is -0.235. The number of aryl methyl sites for hydroxylation is 1. The molecular weight excluding hydrogens is 312 g/mol. The Morgan fingerprint density at radius 1 is 1.09 bits per heavy atom. The van der Waals surface area contributed by atoms with Crippen molar-refractivity contribution < 1.29 is 9.59 Å². The average Bonchev–Trinajstić information content (AvgIpc) is 2.51. The molecule has 0 radical (unpaired) electrons. The van der Waals surface area contributed by atoms with Gasteiger partial charge in [0.15, 0.2) is 0 Å². The minimum absolute atomic E-state index is 0.0190. The van der Waals surface area contributed by atoms with Crippen molar-refractivity contribution in [1.82, 2.24) is 4.90 Å². The Kier molecular flexibility index (Phi) is 5.77. The van der Waals surface area contributed by atoms with Gasteiger partial charge in [-0.3, -0.25) is 9.59 Å². The number of benzene rings is 2. The van der Waals surface area contributed by atoms with Gasteiger partial charge < -0.3 is 10.2 Å². The zero-order chi connectivity index (χ0) is 16.8. The van der Waals surface area contributed by atoms with Gasteiger partial charge >= 0.3 is 0 Å². The van der Waals surface area contributed by atoms with Crippen molar-refractivity contribution in [3.63, 3.8) is 0 Å². The zero-order valence-corrected chi connectivity index (χ0v) is 13.9. The van der Waals surface area contributed by atoms with E-state index in [1.807, 2.05) is 49.4 Å². The highest BCUT2D eigenvalue weighted by Crippen LogP contribution is 2.17. The summed E-state index contributed by atoms with van der Waals surface area (Å²) in [6.07, 6.45) is 0. The number of nitrogens with one attached hydrogen (secondary N) is 1. The minimum Gasteiger partial charge on any atom is -0.329 e. The predicted molar refractivity (Wildman–Crippen MR) is 92.4 cm³/mol. The van der Waals surface area contributed by atoms with E-state index in [4.69, 9.17) is 11.6 Å². The van der Waals surface area contributed by atoms with Gasteiger partial charge in [-0.15, -0.1) is 0 Å². The normalized spacial score (nSPS) is 10.2. The molecule has 0 unspecified atom stereocenters. The van der Waals surface area contributed by atoms with Crippen LogP contribution in [0.3, 0.4) is 0 Å². The quantitative estimate of drug-likeness (QED) is 0.910. The van der Waals surface area contributed by atoms with Gasteiger partial charge in [-0.05, 0) is 30.2 Å². The van der Waals surface area contributed by atoms with Crippen molar-refractivity contribution in [3.8, 4) is 0 Å². The SMILES string of the molecule is CC(=O)N(CC(=O)Nc1ccccc1C)Cc1ccccc1Cl. The summed E-state index contributed by atoms with van der Waals surface area (Å²) >= 11 is 6.12. The van der Waals surface area contributed by atoms with Crippen LogP contribution >= 0.6 is 11.6 Å². The fraction of sp³-hybridized carbons (Fsp3) is 0.222. The molecule has 0 heterocycles. The molecule has 0 spiro atoms. The first-order chi connectivity index (χ1) is 11.0. The molecular formula is C18H19ClN2O2. The highest BCUT2D eigenvalue weighted by Gasteiger charge is 2.16. The fourth-order valence-corrected chi connectivity index (χ4v) is 2.38. The Morgan fingerprint density at radius 2 is 1.74 bits per heavy atom. The van der Waals surface area contributed by atoms with Gasteiger partial charge in [0.2, 0.25) is 11.8 Å². The van der Waals surface area contributed by atoms with Gasteiger partial charge in [0.1, 0.15) is 6.54 Å². The fourth-order valence-electron chi connectivity index (χ4n) is 2.19. The van der Waals surface area contributed by atoms with E-state index >= 15 is 0 Å². The van der Waals surface area contributed by atoms with Crippen LogP contribution in [-0.2, 0) is 16.1 Å². The maximum atomic E-state index is 12.2. The number of anilines is 1. The molecule has 2 amide bonds. The first-order valence-electron chi connectivity index (χ1n) is 7.32. The molecule has 0 bridgehead atoms. The van der Waals surface area contributed by atoms with Crippen LogP contribution in [0.1, 0.15) is 18.1 Å². The standard InChI is InChI=1S/C18H19ClN2O2/c1-13-7-3-6-10-17(13)20-18(23)12-21(14(2)22)11-15-8-4-5-9-16(15)19/h3-10H,11-12H2,1-2H3,(H,20,23). The summed E-state index contributed by atoms with van der Waals surface area (Å²) < 4.78 is 0. The molecule has 2 rings (SSSR count). The lowest BCUT2D eigenvalue weighted by Crippen LogP contribution is -2.36. The second kappa shape index (κ2) is 7.79. The summed E-state index contributed by atoms with van der Waals surface area (Å²) in [5, 5.41) is 3.41. The van der Waals surface area contributed by atoms with Crippen LogP contribution in [0.15, 0.2) is 48.5 Å². The van der Waals surface area contributed by atoms with Gasteiger partial charge in [0, 0.05) is 24.2 Å². The van der Waals surface area contributed by atoms with E-state index in [0.717, 1.165) is 16.8 Å². The van der Waals surface area contributed by atoms with Crippen molar-refractivity contribution >= 4 is 29.1 Å². The number of nitrogens with zero attached hydrogens (tertiary/aromatic N) is 1. The Morgan fingerprint density at radius 3 is 2.39 bits per heavy atom. The van der Waals surface area contributed by atoms with Gasteiger partial charge in [-0.2, -0.15) is 0 Å². The highest BCUT2D eigenvalue weighted by atomic mass is 35.5. The monoisotopic (exact) mass is 330 g/mol. The molecule has 2 aromatic rings. The van der Waals surface area contributed by atoms with Crippen LogP contribution in [0.2, 0.25) is 5.02 Å². The van der Waals surface area contributed by atoms with E-state index in [0.29, 0.717) is 11.6 Å². The predicted octanol–water partition coefficient (Wildman–Crippen LogP) is 3.64. The number of hydrogen-bond donors (Lipinski definition) is 1. The molecule has 5 heteroatoms. The molecule has 1 N–H and O–H groups in total. The third-order valence-corrected chi connectivity index (χ3v) is 3.89. The number of para-hydroxylation sites is 1. The topological polar surface area (TPSA) is 49.4 Å². The second-order valence-electron chi connectivity index (χ2n) is 5.33. The lowest BCUT2D eigenvalue weighted by Gasteiger charge is -2.21. The number of amides is 2. The van der Waals surface area contributed by atoms with E-state index < -0.39 is 0 Å². The van der Waals surface area contributed by atoms with Crippen LogP contribution in [0.4, 0.5) is 5.69 Å². The molecule has 0 aromatic heterocycles. The molecule has 0 aliphatic carbocycles. The van der Waals surface area contributed by atoms with Gasteiger partial charge in [-0.1, -0.05) is 48.0 Å². The zero-order valence-electron chi connectivity index (χ0n) is 13.2.